The van der Waals surface area contributed by atoms with E-state index in [4.69, 9.17) is 4.74 Å². The Balaban J connectivity index is 2.06. The van der Waals surface area contributed by atoms with Crippen LogP contribution in [0.2, 0.25) is 0 Å². The average Bonchev–Trinajstić information content (AvgIpc) is 3.01. The van der Waals surface area contributed by atoms with Crippen molar-refractivity contribution >= 4 is 28.1 Å². The van der Waals surface area contributed by atoms with Crippen LogP contribution in [-0.2, 0) is 0 Å². The zero-order valence-corrected chi connectivity index (χ0v) is 12.3. The molecule has 0 aliphatic carbocycles. The number of aromatic carboxylic acids is 1. The second-order valence-electron chi connectivity index (χ2n) is 4.74. The number of carboxylic acids is 1. The van der Waals surface area contributed by atoms with E-state index in [1.165, 1.54) is 0 Å². The van der Waals surface area contributed by atoms with Gasteiger partial charge in [-0.05, 0) is 35.2 Å². The number of hydrogen-bond donors (Lipinski definition) is 1. The van der Waals surface area contributed by atoms with Crippen molar-refractivity contribution in [2.24, 2.45) is 0 Å². The average molecular weight is 298 g/mol. The SMILES string of the molecule is CC(Oc1ccc2ccccc2c1C(=O)O)c1cccs1. The molecule has 106 valence electrons. The molecule has 1 aromatic heterocycles. The van der Waals surface area contributed by atoms with Gasteiger partial charge in [-0.15, -0.1) is 11.3 Å². The molecular weight excluding hydrogens is 284 g/mol. The molecule has 3 rings (SSSR count). The lowest BCUT2D eigenvalue weighted by Crippen LogP contribution is -2.07. The molecule has 3 aromatic rings. The van der Waals surface area contributed by atoms with Gasteiger partial charge in [-0.3, -0.25) is 0 Å². The maximum absolute atomic E-state index is 11.6. The smallest absolute Gasteiger partial charge is 0.340 e. The van der Waals surface area contributed by atoms with Gasteiger partial charge in [0.05, 0.1) is 0 Å². The minimum Gasteiger partial charge on any atom is -0.484 e. The standard InChI is InChI=1S/C17H14O3S/c1-11(15-7-4-10-21-15)20-14-9-8-12-5-2-3-6-13(12)16(14)17(18)19/h2-11H,1H3,(H,18,19). The van der Waals surface area contributed by atoms with Crippen LogP contribution >= 0.6 is 11.3 Å². The molecule has 21 heavy (non-hydrogen) atoms. The third-order valence-corrected chi connectivity index (χ3v) is 4.39. The summed E-state index contributed by atoms with van der Waals surface area (Å²) in [4.78, 5) is 12.7. The van der Waals surface area contributed by atoms with E-state index in [2.05, 4.69) is 0 Å². The molecule has 0 aliphatic rings. The first-order chi connectivity index (χ1) is 10.2. The van der Waals surface area contributed by atoms with Gasteiger partial charge in [-0.25, -0.2) is 4.79 Å². The third kappa shape index (κ3) is 2.62. The maximum Gasteiger partial charge on any atom is 0.340 e. The van der Waals surface area contributed by atoms with Crippen molar-refractivity contribution in [1.82, 2.24) is 0 Å². The molecule has 2 aromatic carbocycles. The van der Waals surface area contributed by atoms with Crippen molar-refractivity contribution in [3.63, 3.8) is 0 Å². The Kier molecular flexibility index (Phi) is 3.62. The fraction of sp³-hybridized carbons (Fsp3) is 0.118. The van der Waals surface area contributed by atoms with E-state index in [1.54, 1.807) is 23.5 Å². The van der Waals surface area contributed by atoms with Crippen molar-refractivity contribution in [3.05, 3.63) is 64.4 Å². The number of fused-ring (bicyclic) bond motifs is 1. The van der Waals surface area contributed by atoms with Crippen LogP contribution in [0.15, 0.2) is 53.9 Å². The molecule has 1 heterocycles. The Morgan fingerprint density at radius 2 is 1.95 bits per heavy atom. The lowest BCUT2D eigenvalue weighted by atomic mass is 10.0. The number of carboxylic acid groups (broad SMARTS) is 1. The Hall–Kier alpha value is -2.33. The van der Waals surface area contributed by atoms with E-state index < -0.39 is 5.97 Å². The van der Waals surface area contributed by atoms with E-state index in [-0.39, 0.29) is 11.7 Å². The summed E-state index contributed by atoms with van der Waals surface area (Å²) in [6, 6.07) is 15.0. The monoisotopic (exact) mass is 298 g/mol. The van der Waals surface area contributed by atoms with Gasteiger partial charge in [0, 0.05) is 4.88 Å². The highest BCUT2D eigenvalue weighted by Gasteiger charge is 2.18. The van der Waals surface area contributed by atoms with Crippen LogP contribution in [0.4, 0.5) is 0 Å². The third-order valence-electron chi connectivity index (χ3n) is 3.35. The van der Waals surface area contributed by atoms with Crippen LogP contribution in [0.5, 0.6) is 5.75 Å². The molecule has 0 saturated carbocycles. The largest absolute Gasteiger partial charge is 0.484 e. The van der Waals surface area contributed by atoms with Crippen molar-refractivity contribution in [2.45, 2.75) is 13.0 Å². The molecule has 1 atom stereocenters. The molecular formula is C17H14O3S. The Morgan fingerprint density at radius 1 is 1.14 bits per heavy atom. The predicted octanol–water partition coefficient (Wildman–Crippen LogP) is 4.74. The summed E-state index contributed by atoms with van der Waals surface area (Å²) in [6.45, 7) is 1.92. The first kappa shape index (κ1) is 13.6. The summed E-state index contributed by atoms with van der Waals surface area (Å²) in [5.74, 6) is -0.567. The zero-order chi connectivity index (χ0) is 14.8. The minimum atomic E-state index is -0.972. The molecule has 0 saturated heterocycles. The van der Waals surface area contributed by atoms with Gasteiger partial charge in [-0.2, -0.15) is 0 Å². The predicted molar refractivity (Wildman–Crippen MR) is 84.3 cm³/mol. The van der Waals surface area contributed by atoms with Gasteiger partial charge in [0.25, 0.3) is 0 Å². The number of hydrogen-bond acceptors (Lipinski definition) is 3. The molecule has 0 fully saturated rings. The van der Waals surface area contributed by atoms with Gasteiger partial charge >= 0.3 is 5.97 Å². The highest BCUT2D eigenvalue weighted by molar-refractivity contribution is 7.10. The van der Waals surface area contributed by atoms with E-state index in [0.717, 1.165) is 10.3 Å². The normalized spacial score (nSPS) is 12.2. The van der Waals surface area contributed by atoms with Gasteiger partial charge in [-0.1, -0.05) is 36.4 Å². The summed E-state index contributed by atoms with van der Waals surface area (Å²) in [5.41, 5.74) is 0.219. The first-order valence-corrected chi connectivity index (χ1v) is 7.50. The molecule has 0 spiro atoms. The van der Waals surface area contributed by atoms with Crippen LogP contribution in [-0.4, -0.2) is 11.1 Å². The minimum absolute atomic E-state index is 0.177. The molecule has 4 heteroatoms. The highest BCUT2D eigenvalue weighted by Crippen LogP contribution is 2.32. The lowest BCUT2D eigenvalue weighted by molar-refractivity contribution is 0.0692. The zero-order valence-electron chi connectivity index (χ0n) is 11.4. The molecule has 0 bridgehead atoms. The fourth-order valence-corrected chi connectivity index (χ4v) is 3.05. The molecule has 1 unspecified atom stereocenters. The molecule has 1 N–H and O–H groups in total. The molecule has 0 aliphatic heterocycles. The van der Waals surface area contributed by atoms with Crippen LogP contribution in [0.1, 0.15) is 28.3 Å². The van der Waals surface area contributed by atoms with Crippen LogP contribution in [0.3, 0.4) is 0 Å². The summed E-state index contributed by atoms with van der Waals surface area (Å²) in [6.07, 6.45) is -0.177. The van der Waals surface area contributed by atoms with Crippen LogP contribution < -0.4 is 4.74 Å². The van der Waals surface area contributed by atoms with Crippen LogP contribution in [0.25, 0.3) is 10.8 Å². The molecule has 0 amide bonds. The second kappa shape index (κ2) is 5.58. The van der Waals surface area contributed by atoms with Gasteiger partial charge in [0.1, 0.15) is 17.4 Å². The summed E-state index contributed by atoms with van der Waals surface area (Å²) < 4.78 is 5.89. The summed E-state index contributed by atoms with van der Waals surface area (Å²) >= 11 is 1.60. The number of ether oxygens (including phenoxy) is 1. The number of thiophene rings is 1. The fourth-order valence-electron chi connectivity index (χ4n) is 2.34. The molecule has 3 nitrogen and oxygen atoms in total. The number of benzene rings is 2. The van der Waals surface area contributed by atoms with Crippen molar-refractivity contribution in [2.75, 3.05) is 0 Å². The van der Waals surface area contributed by atoms with E-state index in [0.29, 0.717) is 11.1 Å². The highest BCUT2D eigenvalue weighted by atomic mass is 32.1. The Labute approximate surface area is 126 Å². The number of carbonyl (C=O) groups is 1. The Morgan fingerprint density at radius 3 is 2.67 bits per heavy atom. The lowest BCUT2D eigenvalue weighted by Gasteiger charge is -2.16. The second-order valence-corrected chi connectivity index (χ2v) is 5.72. The van der Waals surface area contributed by atoms with Gasteiger partial charge in [0.15, 0.2) is 0 Å². The summed E-state index contributed by atoms with van der Waals surface area (Å²) in [7, 11) is 0. The summed E-state index contributed by atoms with van der Waals surface area (Å²) in [5, 5.41) is 13.1. The maximum atomic E-state index is 11.6. The van der Waals surface area contributed by atoms with Gasteiger partial charge < -0.3 is 9.84 Å². The first-order valence-electron chi connectivity index (χ1n) is 6.62. The van der Waals surface area contributed by atoms with Crippen molar-refractivity contribution in [1.29, 1.82) is 0 Å². The molecule has 0 radical (unpaired) electrons. The van der Waals surface area contributed by atoms with E-state index in [9.17, 15) is 9.90 Å². The topological polar surface area (TPSA) is 46.5 Å². The van der Waals surface area contributed by atoms with Crippen molar-refractivity contribution in [3.8, 4) is 5.75 Å². The van der Waals surface area contributed by atoms with E-state index >= 15 is 0 Å². The van der Waals surface area contributed by atoms with Gasteiger partial charge in [0.2, 0.25) is 0 Å². The Bertz CT molecular complexity index is 778. The quantitative estimate of drug-likeness (QED) is 0.756. The van der Waals surface area contributed by atoms with Crippen LogP contribution in [0, 0.1) is 0 Å². The van der Waals surface area contributed by atoms with Crippen molar-refractivity contribution < 1.29 is 14.6 Å². The number of rotatable bonds is 4. The van der Waals surface area contributed by atoms with E-state index in [1.807, 2.05) is 48.7 Å².